The molecule has 0 saturated heterocycles. The molecule has 0 spiro atoms. The molecule has 3 N–H and O–H groups in total. The second-order valence-electron chi connectivity index (χ2n) is 2.68. The summed E-state index contributed by atoms with van der Waals surface area (Å²) < 4.78 is 0. The molecule has 0 unspecified atom stereocenters. The van der Waals surface area contributed by atoms with Crippen molar-refractivity contribution < 1.29 is 24.9 Å². The zero-order chi connectivity index (χ0) is 11.6. The van der Waals surface area contributed by atoms with Crippen LogP contribution in [-0.2, 0) is 0 Å². The third-order valence-corrected chi connectivity index (χ3v) is 1.76. The van der Waals surface area contributed by atoms with Crippen molar-refractivity contribution >= 4 is 24.2 Å². The number of aromatic carboxylic acids is 1. The number of carboxylic acid groups (broad SMARTS) is 1. The number of nitrogens with zero attached hydrogens (tertiary/aromatic N) is 1. The highest BCUT2D eigenvalue weighted by atomic mass is 16.6. The molecule has 8 heteroatoms. The summed E-state index contributed by atoms with van der Waals surface area (Å²) in [6, 6.07) is 3.26. The van der Waals surface area contributed by atoms with Gasteiger partial charge in [0.1, 0.15) is 5.56 Å². The number of benzene rings is 1. The van der Waals surface area contributed by atoms with E-state index in [-0.39, 0.29) is 0 Å². The molecule has 1 rings (SSSR count). The van der Waals surface area contributed by atoms with Crippen LogP contribution in [-0.4, -0.2) is 33.2 Å². The van der Waals surface area contributed by atoms with Crippen molar-refractivity contribution in [3.8, 4) is 0 Å². The van der Waals surface area contributed by atoms with Gasteiger partial charge < -0.3 is 15.2 Å². The molecule has 0 aliphatic carbocycles. The molecule has 15 heavy (non-hydrogen) atoms. The van der Waals surface area contributed by atoms with Crippen molar-refractivity contribution in [1.29, 1.82) is 0 Å². The third kappa shape index (κ3) is 2.11. The van der Waals surface area contributed by atoms with E-state index in [0.717, 1.165) is 12.1 Å². The van der Waals surface area contributed by atoms with Crippen molar-refractivity contribution in [3.05, 3.63) is 33.9 Å². The highest BCUT2D eigenvalue weighted by Gasteiger charge is 2.28. The lowest BCUT2D eigenvalue weighted by Gasteiger charge is -2.04. The van der Waals surface area contributed by atoms with E-state index in [1.807, 2.05) is 0 Å². The van der Waals surface area contributed by atoms with Gasteiger partial charge in [0.2, 0.25) is 0 Å². The number of carboxylic acids is 1. The van der Waals surface area contributed by atoms with Gasteiger partial charge in [0.15, 0.2) is 0 Å². The van der Waals surface area contributed by atoms with Crippen molar-refractivity contribution in [3.63, 3.8) is 0 Å². The van der Waals surface area contributed by atoms with Gasteiger partial charge in [0.25, 0.3) is 5.69 Å². The first-order valence-electron chi connectivity index (χ1n) is 3.82. The van der Waals surface area contributed by atoms with Crippen LogP contribution in [0.1, 0.15) is 10.4 Å². The van der Waals surface area contributed by atoms with Crippen LogP contribution in [0.2, 0.25) is 0 Å². The second-order valence-corrected chi connectivity index (χ2v) is 2.68. The topological polar surface area (TPSA) is 121 Å². The standard InChI is InChI=1S/C7H6BNO6/c10-7(11)6-4(8(12)13)2-1-3-5(6)9(14)15/h1-3,12-13H,(H,10,11). The SMILES string of the molecule is O=C(O)c1c(B(O)O)cccc1[N+](=O)[O-]. The van der Waals surface area contributed by atoms with Gasteiger partial charge in [-0.3, -0.25) is 10.1 Å². The van der Waals surface area contributed by atoms with E-state index in [0.29, 0.717) is 0 Å². The fraction of sp³-hybridized carbons (Fsp3) is 0. The number of hydrogen-bond donors (Lipinski definition) is 3. The summed E-state index contributed by atoms with van der Waals surface area (Å²) in [5.41, 5.74) is -1.79. The maximum atomic E-state index is 10.7. The van der Waals surface area contributed by atoms with E-state index in [1.165, 1.54) is 6.07 Å². The Labute approximate surface area is 83.9 Å². The molecule has 0 heterocycles. The molecule has 7 nitrogen and oxygen atoms in total. The number of nitro groups is 1. The minimum Gasteiger partial charge on any atom is -0.477 e. The molecule has 1 aromatic rings. The van der Waals surface area contributed by atoms with Crippen LogP contribution < -0.4 is 5.46 Å². The van der Waals surface area contributed by atoms with E-state index in [2.05, 4.69) is 0 Å². The number of hydrogen-bond acceptors (Lipinski definition) is 5. The summed E-state index contributed by atoms with van der Waals surface area (Å²) in [4.78, 5) is 20.3. The molecule has 0 saturated carbocycles. The van der Waals surface area contributed by atoms with Crippen molar-refractivity contribution in [2.24, 2.45) is 0 Å². The predicted octanol–water partition coefficient (Wildman–Crippen LogP) is -1.03. The van der Waals surface area contributed by atoms with E-state index in [9.17, 15) is 14.9 Å². The first-order chi connectivity index (χ1) is 6.95. The van der Waals surface area contributed by atoms with Crippen LogP contribution in [0, 0.1) is 10.1 Å². The van der Waals surface area contributed by atoms with Crippen LogP contribution in [0.4, 0.5) is 5.69 Å². The molecular weight excluding hydrogens is 205 g/mol. The van der Waals surface area contributed by atoms with Crippen molar-refractivity contribution in [2.45, 2.75) is 0 Å². The Hall–Kier alpha value is -1.93. The minimum absolute atomic E-state index is 0.406. The Morgan fingerprint density at radius 1 is 1.40 bits per heavy atom. The van der Waals surface area contributed by atoms with E-state index >= 15 is 0 Å². The largest absolute Gasteiger partial charge is 0.489 e. The Balaban J connectivity index is 3.48. The van der Waals surface area contributed by atoms with Gasteiger partial charge in [-0.2, -0.15) is 0 Å². The maximum absolute atomic E-state index is 10.7. The zero-order valence-electron chi connectivity index (χ0n) is 7.32. The first-order valence-corrected chi connectivity index (χ1v) is 3.82. The average Bonchev–Trinajstić information content (AvgIpc) is 2.16. The zero-order valence-corrected chi connectivity index (χ0v) is 7.32. The van der Waals surface area contributed by atoms with Gasteiger partial charge in [-0.1, -0.05) is 12.1 Å². The molecule has 1 aromatic carbocycles. The van der Waals surface area contributed by atoms with E-state index in [1.54, 1.807) is 0 Å². The lowest BCUT2D eigenvalue weighted by atomic mass is 9.76. The van der Waals surface area contributed by atoms with Crippen LogP contribution in [0.25, 0.3) is 0 Å². The second kappa shape index (κ2) is 4.07. The minimum atomic E-state index is -2.06. The van der Waals surface area contributed by atoms with Crippen LogP contribution >= 0.6 is 0 Å². The quantitative estimate of drug-likeness (QED) is 0.334. The molecule has 0 atom stereocenters. The lowest BCUT2D eigenvalue weighted by Crippen LogP contribution is -2.35. The Kier molecular flexibility index (Phi) is 3.03. The van der Waals surface area contributed by atoms with E-state index in [4.69, 9.17) is 15.2 Å². The fourth-order valence-electron chi connectivity index (χ4n) is 1.16. The van der Waals surface area contributed by atoms with Crippen molar-refractivity contribution in [1.82, 2.24) is 0 Å². The molecule has 0 aliphatic heterocycles. The molecule has 0 fully saturated rings. The summed E-state index contributed by atoms with van der Waals surface area (Å²) in [5, 5.41) is 36.9. The van der Waals surface area contributed by atoms with Gasteiger partial charge in [0.05, 0.1) is 4.92 Å². The number of rotatable bonds is 3. The Morgan fingerprint density at radius 2 is 2.00 bits per heavy atom. The molecule has 0 bridgehead atoms. The van der Waals surface area contributed by atoms with Crippen molar-refractivity contribution in [2.75, 3.05) is 0 Å². The summed E-state index contributed by atoms with van der Waals surface area (Å²) in [6.07, 6.45) is 0. The van der Waals surface area contributed by atoms with Crippen LogP contribution in [0.3, 0.4) is 0 Å². The summed E-state index contributed by atoms with van der Waals surface area (Å²) in [7, 11) is -2.06. The molecule has 0 amide bonds. The summed E-state index contributed by atoms with van der Waals surface area (Å²) in [5.74, 6) is -1.58. The monoisotopic (exact) mass is 211 g/mol. The number of carbonyl (C=O) groups is 1. The fourth-order valence-corrected chi connectivity index (χ4v) is 1.16. The van der Waals surface area contributed by atoms with Gasteiger partial charge >= 0.3 is 13.1 Å². The lowest BCUT2D eigenvalue weighted by molar-refractivity contribution is -0.385. The van der Waals surface area contributed by atoms with Gasteiger partial charge in [-0.05, 0) is 0 Å². The molecule has 0 aliphatic rings. The molecule has 0 radical (unpaired) electrons. The highest BCUT2D eigenvalue weighted by molar-refractivity contribution is 6.60. The average molecular weight is 211 g/mol. The maximum Gasteiger partial charge on any atom is 0.489 e. The predicted molar refractivity (Wildman–Crippen MR) is 49.9 cm³/mol. The van der Waals surface area contributed by atoms with E-state index < -0.39 is 34.7 Å². The molecule has 0 aromatic heterocycles. The van der Waals surface area contributed by atoms with Gasteiger partial charge in [0, 0.05) is 11.5 Å². The Morgan fingerprint density at radius 3 is 2.40 bits per heavy atom. The first kappa shape index (κ1) is 11.2. The summed E-state index contributed by atoms with van der Waals surface area (Å²) in [6.45, 7) is 0. The highest BCUT2D eigenvalue weighted by Crippen LogP contribution is 2.16. The van der Waals surface area contributed by atoms with Crippen LogP contribution in [0.5, 0.6) is 0 Å². The summed E-state index contributed by atoms with van der Waals surface area (Å²) >= 11 is 0. The molecule has 78 valence electrons. The third-order valence-electron chi connectivity index (χ3n) is 1.76. The van der Waals surface area contributed by atoms with Gasteiger partial charge in [-0.25, -0.2) is 4.79 Å². The Bertz CT molecular complexity index is 418. The number of nitro benzene ring substituents is 1. The smallest absolute Gasteiger partial charge is 0.477 e. The normalized spacial score (nSPS) is 9.73. The van der Waals surface area contributed by atoms with Crippen LogP contribution in [0.15, 0.2) is 18.2 Å². The van der Waals surface area contributed by atoms with Gasteiger partial charge in [-0.15, -0.1) is 0 Å². The molecular formula is C7H6BNO6.